The lowest BCUT2D eigenvalue weighted by Crippen LogP contribution is -2.40. The van der Waals surface area contributed by atoms with Gasteiger partial charge in [0.1, 0.15) is 5.69 Å². The first kappa shape index (κ1) is 20.8. The van der Waals surface area contributed by atoms with Gasteiger partial charge in [0.25, 0.3) is 5.91 Å². The van der Waals surface area contributed by atoms with Crippen molar-refractivity contribution < 1.29 is 14.6 Å². The van der Waals surface area contributed by atoms with Gasteiger partial charge in [-0.2, -0.15) is 9.61 Å². The lowest BCUT2D eigenvalue weighted by Gasteiger charge is -2.26. The van der Waals surface area contributed by atoms with Crippen molar-refractivity contribution in [2.24, 2.45) is 4.99 Å². The largest absolute Gasteiger partial charge is 0.493 e. The van der Waals surface area contributed by atoms with E-state index in [1.165, 1.54) is 11.3 Å². The van der Waals surface area contributed by atoms with Gasteiger partial charge in [-0.05, 0) is 31.1 Å². The molecule has 5 heterocycles. The summed E-state index contributed by atoms with van der Waals surface area (Å²) in [6.45, 7) is 2.28. The van der Waals surface area contributed by atoms with Gasteiger partial charge in [-0.1, -0.05) is 0 Å². The normalized spacial score (nSPS) is 17.7. The number of morpholine rings is 1. The second-order valence-electron chi connectivity index (χ2n) is 8.25. The number of aromatic hydroxyl groups is 1. The Morgan fingerprint density at radius 1 is 1.26 bits per heavy atom. The van der Waals surface area contributed by atoms with E-state index in [0.717, 1.165) is 17.7 Å². The van der Waals surface area contributed by atoms with Gasteiger partial charge >= 0.3 is 5.69 Å². The van der Waals surface area contributed by atoms with Crippen molar-refractivity contribution in [2.75, 3.05) is 26.3 Å². The third kappa shape index (κ3) is 3.90. The molecule has 0 spiro atoms. The lowest BCUT2D eigenvalue weighted by atomic mass is 10.3. The van der Waals surface area contributed by atoms with E-state index >= 15 is 0 Å². The first-order valence-corrected chi connectivity index (χ1v) is 11.8. The zero-order valence-electron chi connectivity index (χ0n) is 18.0. The fraction of sp³-hybridized carbons (Fsp3) is 0.318. The van der Waals surface area contributed by atoms with Crippen LogP contribution in [-0.4, -0.2) is 72.8 Å². The average molecular weight is 480 g/mol. The zero-order chi connectivity index (χ0) is 23.2. The molecule has 34 heavy (non-hydrogen) atoms. The van der Waals surface area contributed by atoms with E-state index in [1.54, 1.807) is 21.7 Å². The molecule has 0 unspecified atom stereocenters. The molecule has 1 aliphatic heterocycles. The second kappa shape index (κ2) is 8.22. The van der Waals surface area contributed by atoms with Crippen LogP contribution in [0.5, 0.6) is 5.88 Å². The van der Waals surface area contributed by atoms with E-state index in [4.69, 9.17) is 14.7 Å². The fourth-order valence-corrected chi connectivity index (χ4v) is 4.77. The molecule has 1 saturated carbocycles. The molecule has 12 heteroatoms. The number of amides is 1. The van der Waals surface area contributed by atoms with E-state index in [-0.39, 0.29) is 23.5 Å². The molecule has 0 bridgehead atoms. The Balaban J connectivity index is 1.45. The molecule has 2 fully saturated rings. The van der Waals surface area contributed by atoms with E-state index in [0.29, 0.717) is 53.2 Å². The van der Waals surface area contributed by atoms with Gasteiger partial charge in [0.15, 0.2) is 11.1 Å². The van der Waals surface area contributed by atoms with Crippen LogP contribution < -0.4 is 16.4 Å². The Morgan fingerprint density at radius 3 is 2.82 bits per heavy atom. The number of nitrogens with one attached hydrogen (secondary N) is 2. The van der Waals surface area contributed by atoms with Crippen molar-refractivity contribution >= 4 is 29.0 Å². The van der Waals surface area contributed by atoms with Crippen LogP contribution in [0.4, 0.5) is 0 Å². The summed E-state index contributed by atoms with van der Waals surface area (Å²) in [4.78, 5) is 42.1. The van der Waals surface area contributed by atoms with Crippen LogP contribution in [0.1, 0.15) is 28.2 Å². The Labute approximate surface area is 196 Å². The van der Waals surface area contributed by atoms with Crippen LogP contribution in [0.2, 0.25) is 0 Å². The summed E-state index contributed by atoms with van der Waals surface area (Å²) in [6.07, 6.45) is 5.30. The minimum absolute atomic E-state index is 0.00576. The summed E-state index contributed by atoms with van der Waals surface area (Å²) in [5.74, 6) is -0.262. The van der Waals surface area contributed by atoms with Gasteiger partial charge in [-0.15, -0.1) is 11.3 Å². The Hall–Kier alpha value is -3.77. The highest BCUT2D eigenvalue weighted by atomic mass is 32.1. The highest BCUT2D eigenvalue weighted by Crippen LogP contribution is 2.28. The van der Waals surface area contributed by atoms with Crippen LogP contribution in [0.3, 0.4) is 0 Å². The number of ether oxygens (including phenoxy) is 1. The number of aromatic nitrogens is 5. The van der Waals surface area contributed by atoms with Crippen LogP contribution >= 0.6 is 11.3 Å². The number of nitrogens with zero attached hydrogens (tertiary/aromatic N) is 5. The smallest absolute Gasteiger partial charge is 0.326 e. The number of carbonyl (C=O) groups excluding carboxylic acids is 1. The molecule has 174 valence electrons. The van der Waals surface area contributed by atoms with Gasteiger partial charge < -0.3 is 19.7 Å². The summed E-state index contributed by atoms with van der Waals surface area (Å²) < 4.78 is 7.00. The highest BCUT2D eigenvalue weighted by Gasteiger charge is 2.22. The Bertz CT molecular complexity index is 1570. The minimum Gasteiger partial charge on any atom is -0.493 e. The van der Waals surface area contributed by atoms with Gasteiger partial charge in [0, 0.05) is 24.4 Å². The third-order valence-electron chi connectivity index (χ3n) is 5.74. The summed E-state index contributed by atoms with van der Waals surface area (Å²) >= 11 is 1.39. The van der Waals surface area contributed by atoms with E-state index in [9.17, 15) is 14.7 Å². The molecule has 0 atom stereocenters. The van der Waals surface area contributed by atoms with Gasteiger partial charge in [-0.3, -0.25) is 14.8 Å². The number of H-pyrrole nitrogens is 2. The SMILES string of the molecule is O=C(c1ccc(-c2cc(=NC3CC3)n3ncc(=Cc4[nH]c(=O)[nH]c4O)c3n2)s1)N1CCOCC1. The molecule has 11 nitrogen and oxygen atoms in total. The number of hydrogen-bond acceptors (Lipinski definition) is 8. The molecular formula is C22H21N7O4S. The number of thiophene rings is 1. The Morgan fingerprint density at radius 2 is 2.09 bits per heavy atom. The number of fused-ring (bicyclic) bond motifs is 1. The molecule has 4 aromatic rings. The van der Waals surface area contributed by atoms with Crippen molar-refractivity contribution in [3.63, 3.8) is 0 Å². The number of aromatic amines is 2. The fourth-order valence-electron chi connectivity index (χ4n) is 3.84. The lowest BCUT2D eigenvalue weighted by molar-refractivity contribution is 0.0306. The predicted molar refractivity (Wildman–Crippen MR) is 123 cm³/mol. The second-order valence-corrected chi connectivity index (χ2v) is 9.33. The van der Waals surface area contributed by atoms with Gasteiger partial charge in [-0.25, -0.2) is 9.78 Å². The average Bonchev–Trinajstić information content (AvgIpc) is 3.22. The third-order valence-corrected chi connectivity index (χ3v) is 6.84. The molecule has 0 radical (unpaired) electrons. The van der Waals surface area contributed by atoms with E-state index in [2.05, 4.69) is 15.1 Å². The predicted octanol–water partition coefficient (Wildman–Crippen LogP) is 0.263. The first-order chi connectivity index (χ1) is 16.5. The van der Waals surface area contributed by atoms with Crippen LogP contribution in [0.15, 0.2) is 34.2 Å². The maximum absolute atomic E-state index is 12.9. The number of hydrogen-bond donors (Lipinski definition) is 3. The monoisotopic (exact) mass is 479 g/mol. The van der Waals surface area contributed by atoms with Crippen molar-refractivity contribution in [3.05, 3.63) is 56.2 Å². The summed E-state index contributed by atoms with van der Waals surface area (Å²) in [7, 11) is 0. The first-order valence-electron chi connectivity index (χ1n) is 11.0. The number of rotatable bonds is 4. The van der Waals surface area contributed by atoms with Gasteiger partial charge in [0.05, 0.1) is 40.9 Å². The van der Waals surface area contributed by atoms with Crippen molar-refractivity contribution in [2.45, 2.75) is 18.9 Å². The molecule has 0 aromatic carbocycles. The molecule has 1 saturated heterocycles. The highest BCUT2D eigenvalue weighted by molar-refractivity contribution is 7.17. The standard InChI is InChI=1S/C22H21N7O4S/c30-20-15(26-22(32)27-20)9-12-11-23-29-18(24-13-1-2-13)10-14(25-19(12)29)16-3-4-17(34-16)21(31)28-5-7-33-8-6-28/h3-4,9-11,13,30H,1-2,5-8H2,(H2,26,27,32). The molecule has 1 aliphatic carbocycles. The number of imidazole rings is 1. The van der Waals surface area contributed by atoms with Crippen molar-refractivity contribution in [1.82, 2.24) is 29.5 Å². The van der Waals surface area contributed by atoms with Crippen LogP contribution in [-0.2, 0) is 4.74 Å². The topological polar surface area (TPSA) is 141 Å². The minimum atomic E-state index is -0.505. The van der Waals surface area contributed by atoms with Crippen molar-refractivity contribution in [1.29, 1.82) is 0 Å². The zero-order valence-corrected chi connectivity index (χ0v) is 18.8. The summed E-state index contributed by atoms with van der Waals surface area (Å²) in [5, 5.41) is 15.0. The summed E-state index contributed by atoms with van der Waals surface area (Å²) in [5.41, 5.74) is 1.62. The number of carbonyl (C=O) groups is 1. The van der Waals surface area contributed by atoms with Gasteiger partial charge in [0.2, 0.25) is 5.88 Å². The maximum Gasteiger partial charge on any atom is 0.326 e. The quantitative estimate of drug-likeness (QED) is 0.384. The Kier molecular flexibility index (Phi) is 5.03. The van der Waals surface area contributed by atoms with Crippen molar-refractivity contribution in [3.8, 4) is 16.5 Å². The van der Waals surface area contributed by atoms with E-state index < -0.39 is 5.69 Å². The van der Waals surface area contributed by atoms with E-state index in [1.807, 2.05) is 18.2 Å². The molecule has 1 amide bonds. The molecule has 3 N–H and O–H groups in total. The summed E-state index contributed by atoms with van der Waals surface area (Å²) in [6, 6.07) is 5.87. The molecule has 4 aromatic heterocycles. The van der Waals surface area contributed by atoms with Crippen LogP contribution in [0.25, 0.3) is 22.3 Å². The molecule has 6 rings (SSSR count). The van der Waals surface area contributed by atoms with Crippen LogP contribution in [0, 0.1) is 0 Å². The molecule has 2 aliphatic rings. The maximum atomic E-state index is 12.9. The molecular weight excluding hydrogens is 458 g/mol.